The molecule has 0 radical (unpaired) electrons. The summed E-state index contributed by atoms with van der Waals surface area (Å²) in [5.74, 6) is -0.0841. The molecule has 1 aliphatic rings. The van der Waals surface area contributed by atoms with Crippen LogP contribution in [0.2, 0.25) is 0 Å². The van der Waals surface area contributed by atoms with Gasteiger partial charge in [0, 0.05) is 31.7 Å². The fourth-order valence-corrected chi connectivity index (χ4v) is 5.24. The molecule has 1 N–H and O–H groups in total. The van der Waals surface area contributed by atoms with Crippen LogP contribution in [-0.4, -0.2) is 58.3 Å². The summed E-state index contributed by atoms with van der Waals surface area (Å²) < 4.78 is 27.4. The number of carbonyl (C=O) groups excluding carboxylic acids is 1. The summed E-state index contributed by atoms with van der Waals surface area (Å²) in [7, 11) is -1.37. The number of carbonyl (C=O) groups is 1. The largest absolute Gasteiger partial charge is 0.349 e. The van der Waals surface area contributed by atoms with Crippen LogP contribution in [0.1, 0.15) is 35.8 Å². The van der Waals surface area contributed by atoms with Crippen molar-refractivity contribution in [2.45, 2.75) is 32.7 Å². The molecule has 2 aromatic heterocycles. The van der Waals surface area contributed by atoms with Crippen molar-refractivity contribution in [2.75, 3.05) is 18.8 Å². The highest BCUT2D eigenvalue weighted by Crippen LogP contribution is 2.27. The number of sulfonamides is 1. The lowest BCUT2D eigenvalue weighted by Crippen LogP contribution is -2.46. The van der Waals surface area contributed by atoms with Crippen LogP contribution < -0.4 is 5.32 Å². The molecule has 8 nitrogen and oxygen atoms in total. The van der Waals surface area contributed by atoms with Gasteiger partial charge in [0.1, 0.15) is 0 Å². The lowest BCUT2D eigenvalue weighted by molar-refractivity contribution is 0.0925. The quantitative estimate of drug-likeness (QED) is 0.656. The van der Waals surface area contributed by atoms with E-state index in [1.165, 1.54) is 4.31 Å². The Kier molecular flexibility index (Phi) is 5.81. The number of hydrogen-bond acceptors (Lipinski definition) is 5. The summed E-state index contributed by atoms with van der Waals surface area (Å²) >= 11 is 0. The molecule has 3 heterocycles. The summed E-state index contributed by atoms with van der Waals surface area (Å²) in [6, 6.07) is 11.5. The lowest BCUT2D eigenvalue weighted by atomic mass is 10.0. The van der Waals surface area contributed by atoms with Crippen LogP contribution in [-0.2, 0) is 17.1 Å². The maximum absolute atomic E-state index is 13.3. The van der Waals surface area contributed by atoms with Gasteiger partial charge in [-0.1, -0.05) is 30.3 Å². The number of benzene rings is 1. The third-order valence-electron chi connectivity index (χ3n) is 5.83. The molecule has 0 unspecified atom stereocenters. The van der Waals surface area contributed by atoms with Gasteiger partial charge in [0.2, 0.25) is 10.0 Å². The molecular weight excluding hydrogens is 414 g/mol. The lowest BCUT2D eigenvalue weighted by Gasteiger charge is -2.31. The average molecular weight is 442 g/mol. The SMILES string of the molecule is CCS(=O)(=O)N1CCC(NC(=O)c2cc(-c3ccccc3)nc3c2c(C)nn3C)CC1. The van der Waals surface area contributed by atoms with Crippen molar-refractivity contribution in [1.82, 2.24) is 24.4 Å². The maximum atomic E-state index is 13.3. The predicted octanol–water partition coefficient (Wildman–Crippen LogP) is 2.49. The molecule has 9 heteroatoms. The Labute approximate surface area is 182 Å². The normalized spacial score (nSPS) is 16.0. The van der Waals surface area contributed by atoms with Gasteiger partial charge in [-0.15, -0.1) is 0 Å². The Hall–Kier alpha value is -2.78. The van der Waals surface area contributed by atoms with Crippen LogP contribution in [0.25, 0.3) is 22.3 Å². The molecule has 3 aromatic rings. The van der Waals surface area contributed by atoms with E-state index in [4.69, 9.17) is 4.98 Å². The van der Waals surface area contributed by atoms with Gasteiger partial charge in [-0.3, -0.25) is 9.48 Å². The van der Waals surface area contributed by atoms with Crippen molar-refractivity contribution in [3.8, 4) is 11.3 Å². The van der Waals surface area contributed by atoms with Gasteiger partial charge in [-0.25, -0.2) is 17.7 Å². The highest BCUT2D eigenvalue weighted by Gasteiger charge is 2.28. The Morgan fingerprint density at radius 1 is 1.19 bits per heavy atom. The molecule has 1 amide bonds. The zero-order chi connectivity index (χ0) is 22.2. The molecule has 1 aliphatic heterocycles. The van der Waals surface area contributed by atoms with E-state index in [1.807, 2.05) is 50.4 Å². The fraction of sp³-hybridized carbons (Fsp3) is 0.409. The van der Waals surface area contributed by atoms with E-state index < -0.39 is 10.0 Å². The Morgan fingerprint density at radius 3 is 2.52 bits per heavy atom. The van der Waals surface area contributed by atoms with Gasteiger partial charge >= 0.3 is 0 Å². The second kappa shape index (κ2) is 8.39. The number of aromatic nitrogens is 3. The Balaban J connectivity index is 1.62. The summed E-state index contributed by atoms with van der Waals surface area (Å²) in [5.41, 5.74) is 3.59. The average Bonchev–Trinajstić information content (AvgIpc) is 3.07. The smallest absolute Gasteiger partial charge is 0.252 e. The zero-order valence-electron chi connectivity index (χ0n) is 18.0. The fourth-order valence-electron chi connectivity index (χ4n) is 4.10. The molecule has 1 fully saturated rings. The molecule has 164 valence electrons. The van der Waals surface area contributed by atoms with Crippen LogP contribution in [0.3, 0.4) is 0 Å². The minimum atomic E-state index is -3.19. The van der Waals surface area contributed by atoms with Crippen molar-refractivity contribution >= 4 is 27.0 Å². The molecular formula is C22H27N5O3S. The van der Waals surface area contributed by atoms with E-state index in [1.54, 1.807) is 11.6 Å². The number of pyridine rings is 1. The van der Waals surface area contributed by atoms with Gasteiger partial charge in [0.15, 0.2) is 5.65 Å². The Morgan fingerprint density at radius 2 is 1.87 bits per heavy atom. The van der Waals surface area contributed by atoms with Gasteiger partial charge < -0.3 is 5.32 Å². The number of piperidine rings is 1. The maximum Gasteiger partial charge on any atom is 0.252 e. The van der Waals surface area contributed by atoms with Crippen molar-refractivity contribution in [1.29, 1.82) is 0 Å². The standard InChI is InChI=1S/C22H27N5O3S/c1-4-31(29,30)27-12-10-17(11-13-27)23-22(28)18-14-19(16-8-6-5-7-9-16)24-21-20(18)15(2)25-26(21)3/h5-9,14,17H,4,10-13H2,1-3H3,(H,23,28). The molecule has 4 rings (SSSR count). The summed E-state index contributed by atoms with van der Waals surface area (Å²) in [6.07, 6.45) is 1.19. The van der Waals surface area contributed by atoms with Gasteiger partial charge in [-0.2, -0.15) is 5.10 Å². The van der Waals surface area contributed by atoms with E-state index in [0.717, 1.165) is 16.6 Å². The topological polar surface area (TPSA) is 97.2 Å². The van der Waals surface area contributed by atoms with Gasteiger partial charge in [0.05, 0.1) is 28.1 Å². The second-order valence-corrected chi connectivity index (χ2v) is 10.1. The van der Waals surface area contributed by atoms with Crippen LogP contribution in [0, 0.1) is 6.92 Å². The third-order valence-corrected chi connectivity index (χ3v) is 7.71. The minimum Gasteiger partial charge on any atom is -0.349 e. The summed E-state index contributed by atoms with van der Waals surface area (Å²) in [4.78, 5) is 18.0. The Bertz CT molecular complexity index is 1210. The van der Waals surface area contributed by atoms with Gasteiger partial charge in [-0.05, 0) is 32.8 Å². The second-order valence-electron chi connectivity index (χ2n) is 7.88. The van der Waals surface area contributed by atoms with Crippen molar-refractivity contribution < 1.29 is 13.2 Å². The summed E-state index contributed by atoms with van der Waals surface area (Å²) in [5, 5.41) is 8.31. The van der Waals surface area contributed by atoms with E-state index >= 15 is 0 Å². The third kappa shape index (κ3) is 4.20. The number of rotatable bonds is 5. The molecule has 0 saturated carbocycles. The first kappa shape index (κ1) is 21.5. The highest BCUT2D eigenvalue weighted by atomic mass is 32.2. The van der Waals surface area contributed by atoms with Gasteiger partial charge in [0.25, 0.3) is 5.91 Å². The predicted molar refractivity (Wildman–Crippen MR) is 120 cm³/mol. The first-order valence-electron chi connectivity index (χ1n) is 10.5. The van der Waals surface area contributed by atoms with Crippen molar-refractivity contribution in [3.63, 3.8) is 0 Å². The molecule has 0 aliphatic carbocycles. The molecule has 0 atom stereocenters. The van der Waals surface area contributed by atoms with Crippen molar-refractivity contribution in [2.24, 2.45) is 7.05 Å². The first-order chi connectivity index (χ1) is 14.8. The minimum absolute atomic E-state index is 0.0730. The van der Waals surface area contributed by atoms with E-state index in [-0.39, 0.29) is 17.7 Å². The number of aryl methyl sites for hydroxylation is 2. The van der Waals surface area contributed by atoms with Crippen LogP contribution in [0.5, 0.6) is 0 Å². The summed E-state index contributed by atoms with van der Waals surface area (Å²) in [6.45, 7) is 4.37. The van der Waals surface area contributed by atoms with E-state index in [2.05, 4.69) is 10.4 Å². The van der Waals surface area contributed by atoms with Crippen molar-refractivity contribution in [3.05, 3.63) is 47.7 Å². The van der Waals surface area contributed by atoms with Crippen LogP contribution in [0.4, 0.5) is 0 Å². The number of nitrogens with zero attached hydrogens (tertiary/aromatic N) is 4. The molecule has 0 bridgehead atoms. The number of hydrogen-bond donors (Lipinski definition) is 1. The van der Waals surface area contributed by atoms with E-state index in [0.29, 0.717) is 42.8 Å². The molecule has 31 heavy (non-hydrogen) atoms. The molecule has 0 spiro atoms. The van der Waals surface area contributed by atoms with Crippen LogP contribution in [0.15, 0.2) is 36.4 Å². The zero-order valence-corrected chi connectivity index (χ0v) is 18.8. The highest BCUT2D eigenvalue weighted by molar-refractivity contribution is 7.89. The number of fused-ring (bicyclic) bond motifs is 1. The van der Waals surface area contributed by atoms with E-state index in [9.17, 15) is 13.2 Å². The number of amides is 1. The molecule has 1 saturated heterocycles. The number of nitrogens with one attached hydrogen (secondary N) is 1. The monoisotopic (exact) mass is 441 g/mol. The van der Waals surface area contributed by atoms with Crippen LogP contribution >= 0.6 is 0 Å². The first-order valence-corrected chi connectivity index (χ1v) is 12.1. The molecule has 1 aromatic carbocycles.